The number of anilines is 4. The van der Waals surface area contributed by atoms with Crippen LogP contribution in [0.1, 0.15) is 26.3 Å². The summed E-state index contributed by atoms with van der Waals surface area (Å²) in [6.07, 6.45) is 1.75. The average Bonchev–Trinajstić information content (AvgIpc) is 2.74. The van der Waals surface area contributed by atoms with E-state index in [9.17, 15) is 0 Å². The standard InChI is InChI=1S/C23H28N6/c1-23(2,3)19-11-7-8-12-20(19)25-22-26-21(17-24-27-22)29-15-13-28(14-16-29)18-9-5-4-6-10-18/h4-12,17H,13-16H2,1-3H3,(H,25,26,27). The van der Waals surface area contributed by atoms with Crippen LogP contribution in [0.2, 0.25) is 0 Å². The predicted molar refractivity (Wildman–Crippen MR) is 119 cm³/mol. The van der Waals surface area contributed by atoms with Gasteiger partial charge in [-0.15, -0.1) is 5.10 Å². The summed E-state index contributed by atoms with van der Waals surface area (Å²) in [6, 6.07) is 18.8. The minimum Gasteiger partial charge on any atom is -0.368 e. The zero-order chi connectivity index (χ0) is 20.3. The third-order valence-electron chi connectivity index (χ3n) is 5.25. The fraction of sp³-hybridized carbons (Fsp3) is 0.348. The number of para-hydroxylation sites is 2. The second-order valence-electron chi connectivity index (χ2n) is 8.37. The molecular weight excluding hydrogens is 360 g/mol. The molecular formula is C23H28N6. The fourth-order valence-corrected chi connectivity index (χ4v) is 3.70. The highest BCUT2D eigenvalue weighted by atomic mass is 15.3. The van der Waals surface area contributed by atoms with E-state index in [2.05, 4.69) is 94.6 Å². The number of piperazine rings is 1. The van der Waals surface area contributed by atoms with Crippen LogP contribution in [0.5, 0.6) is 0 Å². The first-order chi connectivity index (χ1) is 14.0. The van der Waals surface area contributed by atoms with Gasteiger partial charge in [0.25, 0.3) is 0 Å². The number of aromatic nitrogens is 3. The lowest BCUT2D eigenvalue weighted by Crippen LogP contribution is -2.46. The van der Waals surface area contributed by atoms with E-state index in [1.165, 1.54) is 11.3 Å². The molecule has 2 heterocycles. The summed E-state index contributed by atoms with van der Waals surface area (Å²) in [6.45, 7) is 10.4. The molecule has 0 spiro atoms. The zero-order valence-corrected chi connectivity index (χ0v) is 17.3. The van der Waals surface area contributed by atoms with Gasteiger partial charge in [0.1, 0.15) is 0 Å². The lowest BCUT2D eigenvalue weighted by molar-refractivity contribution is 0.592. The molecule has 1 aliphatic rings. The molecule has 1 N–H and O–H groups in total. The Morgan fingerprint density at radius 3 is 2.21 bits per heavy atom. The van der Waals surface area contributed by atoms with E-state index in [4.69, 9.17) is 4.98 Å². The van der Waals surface area contributed by atoms with E-state index < -0.39 is 0 Å². The number of benzene rings is 2. The van der Waals surface area contributed by atoms with Crippen molar-refractivity contribution < 1.29 is 0 Å². The molecule has 0 bridgehead atoms. The summed E-state index contributed by atoms with van der Waals surface area (Å²) in [7, 11) is 0. The van der Waals surface area contributed by atoms with Crippen molar-refractivity contribution in [3.05, 3.63) is 66.4 Å². The summed E-state index contributed by atoms with van der Waals surface area (Å²) >= 11 is 0. The Morgan fingerprint density at radius 1 is 0.828 bits per heavy atom. The molecule has 0 aliphatic carbocycles. The molecule has 0 unspecified atom stereocenters. The van der Waals surface area contributed by atoms with Gasteiger partial charge in [-0.3, -0.25) is 0 Å². The molecule has 6 heteroatoms. The van der Waals surface area contributed by atoms with E-state index >= 15 is 0 Å². The number of rotatable bonds is 4. The van der Waals surface area contributed by atoms with Gasteiger partial charge in [0.05, 0.1) is 6.20 Å². The van der Waals surface area contributed by atoms with E-state index in [1.807, 2.05) is 6.07 Å². The highest BCUT2D eigenvalue weighted by Crippen LogP contribution is 2.30. The third-order valence-corrected chi connectivity index (χ3v) is 5.25. The van der Waals surface area contributed by atoms with Crippen LogP contribution in [0.4, 0.5) is 23.1 Å². The van der Waals surface area contributed by atoms with Crippen molar-refractivity contribution in [3.8, 4) is 0 Å². The van der Waals surface area contributed by atoms with Gasteiger partial charge < -0.3 is 15.1 Å². The Morgan fingerprint density at radius 2 is 1.48 bits per heavy atom. The Kier molecular flexibility index (Phi) is 5.34. The predicted octanol–water partition coefficient (Wildman–Crippen LogP) is 4.24. The van der Waals surface area contributed by atoms with E-state index in [0.717, 1.165) is 37.7 Å². The van der Waals surface area contributed by atoms with Gasteiger partial charge in [0.2, 0.25) is 5.95 Å². The number of nitrogens with zero attached hydrogens (tertiary/aromatic N) is 5. The van der Waals surface area contributed by atoms with Crippen LogP contribution in [-0.2, 0) is 5.41 Å². The second kappa shape index (κ2) is 8.07. The van der Waals surface area contributed by atoms with E-state index in [-0.39, 0.29) is 5.41 Å². The van der Waals surface area contributed by atoms with Gasteiger partial charge in [-0.25, -0.2) is 0 Å². The minimum absolute atomic E-state index is 0.0302. The summed E-state index contributed by atoms with van der Waals surface area (Å²) in [4.78, 5) is 9.41. The molecule has 0 atom stereocenters. The van der Waals surface area contributed by atoms with E-state index in [0.29, 0.717) is 5.95 Å². The van der Waals surface area contributed by atoms with Crippen LogP contribution in [0, 0.1) is 0 Å². The molecule has 150 valence electrons. The molecule has 1 aromatic heterocycles. The van der Waals surface area contributed by atoms with Crippen LogP contribution >= 0.6 is 0 Å². The SMILES string of the molecule is CC(C)(C)c1ccccc1Nc1nncc(N2CCN(c3ccccc3)CC2)n1. The van der Waals surface area contributed by atoms with Gasteiger partial charge >= 0.3 is 0 Å². The Balaban J connectivity index is 1.47. The summed E-state index contributed by atoms with van der Waals surface area (Å²) < 4.78 is 0. The van der Waals surface area contributed by atoms with Gasteiger partial charge in [-0.2, -0.15) is 10.1 Å². The van der Waals surface area contributed by atoms with Crippen LogP contribution < -0.4 is 15.1 Å². The zero-order valence-electron chi connectivity index (χ0n) is 17.3. The molecule has 1 saturated heterocycles. The van der Waals surface area contributed by atoms with Crippen molar-refractivity contribution in [1.82, 2.24) is 15.2 Å². The number of nitrogens with one attached hydrogen (secondary N) is 1. The van der Waals surface area contributed by atoms with Gasteiger partial charge in [-0.1, -0.05) is 57.2 Å². The third kappa shape index (κ3) is 4.47. The molecule has 1 fully saturated rings. The maximum absolute atomic E-state index is 4.74. The molecule has 1 aliphatic heterocycles. The first-order valence-electron chi connectivity index (χ1n) is 10.1. The molecule has 0 amide bonds. The smallest absolute Gasteiger partial charge is 0.249 e. The monoisotopic (exact) mass is 388 g/mol. The van der Waals surface area contributed by atoms with Crippen molar-refractivity contribution in [2.45, 2.75) is 26.2 Å². The van der Waals surface area contributed by atoms with Crippen molar-refractivity contribution in [2.75, 3.05) is 41.3 Å². The summed E-state index contributed by atoms with van der Waals surface area (Å²) in [5, 5.41) is 11.8. The van der Waals surface area contributed by atoms with Crippen molar-refractivity contribution >= 4 is 23.1 Å². The largest absolute Gasteiger partial charge is 0.368 e. The van der Waals surface area contributed by atoms with Crippen molar-refractivity contribution in [1.29, 1.82) is 0 Å². The lowest BCUT2D eigenvalue weighted by Gasteiger charge is -2.36. The normalized spacial score (nSPS) is 14.7. The molecule has 0 radical (unpaired) electrons. The van der Waals surface area contributed by atoms with Gasteiger partial charge in [0.15, 0.2) is 5.82 Å². The minimum atomic E-state index is 0.0302. The highest BCUT2D eigenvalue weighted by Gasteiger charge is 2.20. The maximum Gasteiger partial charge on any atom is 0.249 e. The lowest BCUT2D eigenvalue weighted by atomic mass is 9.86. The van der Waals surface area contributed by atoms with Crippen LogP contribution in [-0.4, -0.2) is 41.4 Å². The molecule has 4 rings (SSSR count). The molecule has 3 aromatic rings. The first-order valence-corrected chi connectivity index (χ1v) is 10.1. The Bertz CT molecular complexity index is 943. The summed E-state index contributed by atoms with van der Waals surface area (Å²) in [5.74, 6) is 1.40. The van der Waals surface area contributed by atoms with Crippen LogP contribution in [0.25, 0.3) is 0 Å². The Labute approximate surface area is 172 Å². The molecule has 29 heavy (non-hydrogen) atoms. The first kappa shape index (κ1) is 19.2. The van der Waals surface area contributed by atoms with Crippen molar-refractivity contribution in [3.63, 3.8) is 0 Å². The second-order valence-corrected chi connectivity index (χ2v) is 8.37. The van der Waals surface area contributed by atoms with Crippen molar-refractivity contribution in [2.24, 2.45) is 0 Å². The van der Waals surface area contributed by atoms with Crippen LogP contribution in [0.3, 0.4) is 0 Å². The summed E-state index contributed by atoms with van der Waals surface area (Å²) in [5.41, 5.74) is 3.55. The van der Waals surface area contributed by atoms with E-state index in [1.54, 1.807) is 6.20 Å². The maximum atomic E-state index is 4.74. The Hall–Kier alpha value is -3.15. The quantitative estimate of drug-likeness (QED) is 0.721. The number of hydrogen-bond acceptors (Lipinski definition) is 6. The molecule has 0 saturated carbocycles. The van der Waals surface area contributed by atoms with Crippen LogP contribution in [0.15, 0.2) is 60.8 Å². The molecule has 2 aromatic carbocycles. The highest BCUT2D eigenvalue weighted by molar-refractivity contribution is 5.61. The molecule has 6 nitrogen and oxygen atoms in total. The van der Waals surface area contributed by atoms with Gasteiger partial charge in [0, 0.05) is 37.6 Å². The number of hydrogen-bond donors (Lipinski definition) is 1. The fourth-order valence-electron chi connectivity index (χ4n) is 3.70. The topological polar surface area (TPSA) is 57.2 Å². The van der Waals surface area contributed by atoms with Gasteiger partial charge in [-0.05, 0) is 29.2 Å². The average molecular weight is 389 g/mol.